The van der Waals surface area contributed by atoms with Crippen molar-refractivity contribution < 1.29 is 19.0 Å². The minimum Gasteiger partial charge on any atom is -0.497 e. The van der Waals surface area contributed by atoms with Crippen molar-refractivity contribution in [3.05, 3.63) is 84.3 Å². The van der Waals surface area contributed by atoms with Crippen molar-refractivity contribution in [2.75, 3.05) is 20.3 Å². The number of furan rings is 1. The summed E-state index contributed by atoms with van der Waals surface area (Å²) < 4.78 is 16.3. The molecular formula is C22H25NO4. The summed E-state index contributed by atoms with van der Waals surface area (Å²) in [4.78, 5) is 2.15. The molecule has 27 heavy (non-hydrogen) atoms. The van der Waals surface area contributed by atoms with Crippen LogP contribution in [0.15, 0.2) is 77.4 Å². The fourth-order valence-corrected chi connectivity index (χ4v) is 2.86. The maximum atomic E-state index is 10.5. The topological polar surface area (TPSA) is 55.1 Å². The zero-order chi connectivity index (χ0) is 18.9. The molecule has 1 heterocycles. The Balaban J connectivity index is 1.56. The summed E-state index contributed by atoms with van der Waals surface area (Å²) in [7, 11) is 1.62. The molecule has 1 unspecified atom stereocenters. The second-order valence-corrected chi connectivity index (χ2v) is 6.37. The Kier molecular flexibility index (Phi) is 6.90. The molecule has 5 nitrogen and oxygen atoms in total. The van der Waals surface area contributed by atoms with E-state index in [1.54, 1.807) is 13.4 Å². The van der Waals surface area contributed by atoms with Crippen LogP contribution < -0.4 is 9.47 Å². The Morgan fingerprint density at radius 3 is 2.33 bits per heavy atom. The zero-order valence-corrected chi connectivity index (χ0v) is 15.5. The number of nitrogens with zero attached hydrogens (tertiary/aromatic N) is 1. The molecular weight excluding hydrogens is 342 g/mol. The van der Waals surface area contributed by atoms with E-state index in [1.165, 1.54) is 5.56 Å². The Hall–Kier alpha value is -2.76. The van der Waals surface area contributed by atoms with Crippen LogP contribution in [0.1, 0.15) is 11.3 Å². The van der Waals surface area contributed by atoms with Crippen LogP contribution in [0.5, 0.6) is 11.5 Å². The highest BCUT2D eigenvalue weighted by Crippen LogP contribution is 2.17. The lowest BCUT2D eigenvalue weighted by molar-refractivity contribution is 0.0604. The second-order valence-electron chi connectivity index (χ2n) is 6.37. The Labute approximate surface area is 159 Å². The van der Waals surface area contributed by atoms with Crippen LogP contribution in [0.4, 0.5) is 0 Å². The van der Waals surface area contributed by atoms with Gasteiger partial charge in [0.05, 0.1) is 19.9 Å². The van der Waals surface area contributed by atoms with Crippen molar-refractivity contribution in [2.24, 2.45) is 0 Å². The Bertz CT molecular complexity index is 772. The fourth-order valence-electron chi connectivity index (χ4n) is 2.86. The van der Waals surface area contributed by atoms with Gasteiger partial charge in [0.15, 0.2) is 0 Å². The van der Waals surface area contributed by atoms with E-state index in [-0.39, 0.29) is 6.61 Å². The van der Waals surface area contributed by atoms with Crippen molar-refractivity contribution in [1.29, 1.82) is 0 Å². The third-order valence-electron chi connectivity index (χ3n) is 4.18. The predicted octanol–water partition coefficient (Wildman–Crippen LogP) is 3.73. The average Bonchev–Trinajstić information content (AvgIpc) is 3.20. The van der Waals surface area contributed by atoms with Gasteiger partial charge in [-0.3, -0.25) is 4.90 Å². The summed E-state index contributed by atoms with van der Waals surface area (Å²) in [5, 5.41) is 10.5. The molecule has 0 bridgehead atoms. The van der Waals surface area contributed by atoms with Gasteiger partial charge >= 0.3 is 0 Å². The largest absolute Gasteiger partial charge is 0.497 e. The number of aliphatic hydroxyl groups excluding tert-OH is 1. The first-order valence-corrected chi connectivity index (χ1v) is 8.96. The zero-order valence-electron chi connectivity index (χ0n) is 15.5. The molecule has 0 aliphatic heterocycles. The van der Waals surface area contributed by atoms with E-state index in [0.717, 1.165) is 18.1 Å². The quantitative estimate of drug-likeness (QED) is 0.592. The maximum absolute atomic E-state index is 10.5. The van der Waals surface area contributed by atoms with Gasteiger partial charge in [-0.15, -0.1) is 0 Å². The van der Waals surface area contributed by atoms with Gasteiger partial charge in [0.2, 0.25) is 0 Å². The average molecular weight is 367 g/mol. The summed E-state index contributed by atoms with van der Waals surface area (Å²) in [5.74, 6) is 2.35. The standard InChI is InChI=1S/C22H25NO4/c1-25-20-9-11-21(12-10-20)27-17-19(24)15-23(16-22-8-5-13-26-22)14-18-6-3-2-4-7-18/h2-13,19,24H,14-17H2,1H3. The number of hydrogen-bond donors (Lipinski definition) is 1. The van der Waals surface area contributed by atoms with Gasteiger partial charge in [-0.05, 0) is 42.0 Å². The monoisotopic (exact) mass is 367 g/mol. The van der Waals surface area contributed by atoms with Gasteiger partial charge < -0.3 is 19.0 Å². The summed E-state index contributed by atoms with van der Waals surface area (Å²) >= 11 is 0. The van der Waals surface area contributed by atoms with Crippen molar-refractivity contribution >= 4 is 0 Å². The van der Waals surface area contributed by atoms with Gasteiger partial charge in [-0.25, -0.2) is 0 Å². The molecule has 1 aromatic heterocycles. The molecule has 142 valence electrons. The van der Waals surface area contributed by atoms with E-state index in [1.807, 2.05) is 54.6 Å². The van der Waals surface area contributed by atoms with Gasteiger partial charge in [0, 0.05) is 13.1 Å². The molecule has 0 amide bonds. The molecule has 0 radical (unpaired) electrons. The van der Waals surface area contributed by atoms with Crippen LogP contribution in [-0.2, 0) is 13.1 Å². The van der Waals surface area contributed by atoms with E-state index in [9.17, 15) is 5.11 Å². The molecule has 3 rings (SSSR count). The molecule has 0 saturated carbocycles. The number of aliphatic hydroxyl groups is 1. The first kappa shape index (κ1) is 19.0. The SMILES string of the molecule is COc1ccc(OCC(O)CN(Cc2ccccc2)Cc2ccco2)cc1. The summed E-state index contributed by atoms with van der Waals surface area (Å²) in [5.41, 5.74) is 1.19. The van der Waals surface area contributed by atoms with Gasteiger partial charge in [0.1, 0.15) is 30.0 Å². The maximum Gasteiger partial charge on any atom is 0.119 e. The first-order valence-electron chi connectivity index (χ1n) is 8.96. The third kappa shape index (κ3) is 6.16. The van der Waals surface area contributed by atoms with Gasteiger partial charge in [0.25, 0.3) is 0 Å². The van der Waals surface area contributed by atoms with Gasteiger partial charge in [-0.1, -0.05) is 30.3 Å². The van der Waals surface area contributed by atoms with Crippen LogP contribution in [0, 0.1) is 0 Å². The second kappa shape index (κ2) is 9.80. The minimum absolute atomic E-state index is 0.218. The summed E-state index contributed by atoms with van der Waals surface area (Å²) in [6.07, 6.45) is 1.05. The summed E-state index contributed by atoms with van der Waals surface area (Å²) in [6, 6.07) is 21.3. The lowest BCUT2D eigenvalue weighted by Crippen LogP contribution is -2.35. The molecule has 2 aromatic carbocycles. The van der Waals surface area contributed by atoms with Crippen LogP contribution in [-0.4, -0.2) is 36.4 Å². The van der Waals surface area contributed by atoms with E-state index in [2.05, 4.69) is 17.0 Å². The molecule has 1 atom stereocenters. The molecule has 1 N–H and O–H groups in total. The lowest BCUT2D eigenvalue weighted by Gasteiger charge is -2.24. The molecule has 0 spiro atoms. The Morgan fingerprint density at radius 1 is 0.926 bits per heavy atom. The molecule has 0 saturated heterocycles. The molecule has 0 fully saturated rings. The third-order valence-corrected chi connectivity index (χ3v) is 4.18. The molecule has 3 aromatic rings. The van der Waals surface area contributed by atoms with E-state index < -0.39 is 6.10 Å². The molecule has 0 aliphatic carbocycles. The normalized spacial score (nSPS) is 12.1. The van der Waals surface area contributed by atoms with E-state index in [0.29, 0.717) is 18.8 Å². The summed E-state index contributed by atoms with van der Waals surface area (Å²) in [6.45, 7) is 2.05. The number of hydrogen-bond acceptors (Lipinski definition) is 5. The van der Waals surface area contributed by atoms with Crippen LogP contribution in [0.3, 0.4) is 0 Å². The van der Waals surface area contributed by atoms with Crippen LogP contribution in [0.25, 0.3) is 0 Å². The van der Waals surface area contributed by atoms with E-state index in [4.69, 9.17) is 13.9 Å². The number of benzene rings is 2. The first-order chi connectivity index (χ1) is 13.2. The number of methoxy groups -OCH3 is 1. The highest BCUT2D eigenvalue weighted by atomic mass is 16.5. The number of rotatable bonds is 10. The number of ether oxygens (including phenoxy) is 2. The molecule has 5 heteroatoms. The van der Waals surface area contributed by atoms with Crippen LogP contribution in [0.2, 0.25) is 0 Å². The van der Waals surface area contributed by atoms with Crippen molar-refractivity contribution in [2.45, 2.75) is 19.2 Å². The minimum atomic E-state index is -0.620. The van der Waals surface area contributed by atoms with Gasteiger partial charge in [-0.2, -0.15) is 0 Å². The fraction of sp³-hybridized carbons (Fsp3) is 0.273. The van der Waals surface area contributed by atoms with Crippen molar-refractivity contribution in [1.82, 2.24) is 4.90 Å². The Morgan fingerprint density at radius 2 is 1.67 bits per heavy atom. The van der Waals surface area contributed by atoms with Crippen LogP contribution >= 0.6 is 0 Å². The highest BCUT2D eigenvalue weighted by Gasteiger charge is 2.15. The lowest BCUT2D eigenvalue weighted by atomic mass is 10.2. The predicted molar refractivity (Wildman–Crippen MR) is 104 cm³/mol. The van der Waals surface area contributed by atoms with Crippen molar-refractivity contribution in [3.8, 4) is 11.5 Å². The van der Waals surface area contributed by atoms with Crippen molar-refractivity contribution in [3.63, 3.8) is 0 Å². The molecule has 0 aliphatic rings. The van der Waals surface area contributed by atoms with E-state index >= 15 is 0 Å². The highest BCUT2D eigenvalue weighted by molar-refractivity contribution is 5.31. The smallest absolute Gasteiger partial charge is 0.119 e.